The predicted octanol–water partition coefficient (Wildman–Crippen LogP) is 5.07. The Bertz CT molecular complexity index is 1630. The molecule has 234 valence electrons. The van der Waals surface area contributed by atoms with E-state index in [4.69, 9.17) is 0 Å². The number of aliphatic hydroxyl groups is 1. The van der Waals surface area contributed by atoms with E-state index in [1.807, 2.05) is 72.8 Å². The first-order valence-corrected chi connectivity index (χ1v) is 17.1. The Morgan fingerprint density at radius 3 is 2.42 bits per heavy atom. The lowest BCUT2D eigenvalue weighted by Gasteiger charge is -2.40. The number of carbonyl (C=O) groups is 3. The van der Waals surface area contributed by atoms with Crippen LogP contribution in [-0.4, -0.2) is 86.3 Å². The fraction of sp³-hybridized carbons (Fsp3) is 0.361. The molecule has 3 saturated heterocycles. The number of likely N-dealkylation sites (N-methyl/N-ethyl adjacent to an activating group) is 1. The van der Waals surface area contributed by atoms with Gasteiger partial charge in [-0.05, 0) is 41.3 Å². The molecule has 3 heterocycles. The first-order chi connectivity index (χ1) is 21.7. The molecule has 3 aromatic rings. The van der Waals surface area contributed by atoms with E-state index < -0.39 is 28.7 Å². The summed E-state index contributed by atoms with van der Waals surface area (Å²) in [5, 5.41) is 12.7. The molecule has 0 saturated carbocycles. The molecule has 3 fully saturated rings. The molecule has 1 spiro atoms. The number of alkyl halides is 1. The number of amides is 3. The SMILES string of the molecule is C=CCN(C)C(=O)[C@H]1[C@H]2C(=O)N([C@@H](CO)Cc3ccccc3)C(C(=O)N(CC=C)c3ccc4ccccc4c3)C23CC(Br)[C@@H]1S3. The Morgan fingerprint density at radius 2 is 1.73 bits per heavy atom. The molecule has 3 aromatic carbocycles. The molecule has 7 atom stereocenters. The molecule has 2 bridgehead atoms. The summed E-state index contributed by atoms with van der Waals surface area (Å²) in [5.41, 5.74) is 1.66. The van der Waals surface area contributed by atoms with Crippen molar-refractivity contribution in [2.24, 2.45) is 11.8 Å². The van der Waals surface area contributed by atoms with Crippen LogP contribution in [0.25, 0.3) is 10.8 Å². The van der Waals surface area contributed by atoms with E-state index in [-0.39, 0.29) is 41.0 Å². The zero-order valence-electron chi connectivity index (χ0n) is 25.3. The van der Waals surface area contributed by atoms with Crippen LogP contribution in [0.15, 0.2) is 98.1 Å². The van der Waals surface area contributed by atoms with Crippen LogP contribution in [-0.2, 0) is 20.8 Å². The highest BCUT2D eigenvalue weighted by Gasteiger charge is 2.76. The molecular formula is C36H38BrN3O4S. The molecule has 0 aromatic heterocycles. The molecule has 3 unspecified atom stereocenters. The van der Waals surface area contributed by atoms with Gasteiger partial charge >= 0.3 is 0 Å². The van der Waals surface area contributed by atoms with Crippen molar-refractivity contribution in [3.8, 4) is 0 Å². The third-order valence-corrected chi connectivity index (χ3v) is 12.8. The van der Waals surface area contributed by atoms with Crippen LogP contribution >= 0.6 is 27.7 Å². The standard InChI is InChI=1S/C36H38BrN3O4S/c1-4-17-38(3)33(42)29-30-34(43)40(27(22-41)19-23-11-7-6-8-12-23)32(36(30)21-28(37)31(29)45-36)35(44)39(18-5-2)26-16-15-24-13-9-10-14-25(24)20-26/h4-16,20,27-32,41H,1-2,17-19,21-22H2,3H3/t27-,28?,29+,30+,31+,32?,36?/m1/s1. The zero-order valence-corrected chi connectivity index (χ0v) is 27.7. The van der Waals surface area contributed by atoms with Gasteiger partial charge < -0.3 is 19.8 Å². The number of fused-ring (bicyclic) bond motifs is 2. The molecule has 3 amide bonds. The van der Waals surface area contributed by atoms with Gasteiger partial charge in [-0.3, -0.25) is 14.4 Å². The van der Waals surface area contributed by atoms with E-state index >= 15 is 4.79 Å². The Balaban J connectivity index is 1.47. The van der Waals surface area contributed by atoms with Gasteiger partial charge in [0.2, 0.25) is 11.8 Å². The maximum atomic E-state index is 15.1. The molecule has 1 N–H and O–H groups in total. The number of likely N-dealkylation sites (tertiary alicyclic amines) is 1. The number of carbonyl (C=O) groups excluding carboxylic acids is 3. The van der Waals surface area contributed by atoms with E-state index in [1.54, 1.807) is 45.7 Å². The van der Waals surface area contributed by atoms with Crippen LogP contribution in [0.5, 0.6) is 0 Å². The molecule has 0 aliphatic carbocycles. The minimum Gasteiger partial charge on any atom is -0.394 e. The summed E-state index contributed by atoms with van der Waals surface area (Å²) in [4.78, 5) is 48.8. The highest BCUT2D eigenvalue weighted by atomic mass is 79.9. The Morgan fingerprint density at radius 1 is 1.04 bits per heavy atom. The van der Waals surface area contributed by atoms with Crippen LogP contribution in [0.3, 0.4) is 0 Å². The van der Waals surface area contributed by atoms with Gasteiger partial charge in [-0.2, -0.15) is 0 Å². The van der Waals surface area contributed by atoms with Crippen molar-refractivity contribution in [3.05, 3.63) is 104 Å². The Hall–Kier alpha value is -3.40. The summed E-state index contributed by atoms with van der Waals surface area (Å²) in [5.74, 6) is -1.88. The number of benzene rings is 3. The van der Waals surface area contributed by atoms with E-state index in [9.17, 15) is 14.7 Å². The quantitative estimate of drug-likeness (QED) is 0.225. The fourth-order valence-corrected chi connectivity index (χ4v) is 11.2. The van der Waals surface area contributed by atoms with Crippen LogP contribution in [0.4, 0.5) is 5.69 Å². The second-order valence-electron chi connectivity index (χ2n) is 12.2. The highest BCUT2D eigenvalue weighted by Crippen LogP contribution is 2.68. The van der Waals surface area contributed by atoms with Crippen molar-refractivity contribution < 1.29 is 19.5 Å². The number of halogens is 1. The Labute approximate surface area is 277 Å². The lowest BCUT2D eigenvalue weighted by atomic mass is 9.70. The van der Waals surface area contributed by atoms with Crippen molar-refractivity contribution in [1.82, 2.24) is 9.80 Å². The third-order valence-electron chi connectivity index (χ3n) is 9.57. The average molecular weight is 689 g/mol. The lowest BCUT2D eigenvalue weighted by Crippen LogP contribution is -2.58. The van der Waals surface area contributed by atoms with Crippen molar-refractivity contribution >= 4 is 61.9 Å². The molecule has 7 nitrogen and oxygen atoms in total. The predicted molar refractivity (Wildman–Crippen MR) is 184 cm³/mol. The first-order valence-electron chi connectivity index (χ1n) is 15.3. The fourth-order valence-electron chi connectivity index (χ4n) is 7.64. The molecule has 45 heavy (non-hydrogen) atoms. The summed E-state index contributed by atoms with van der Waals surface area (Å²) in [6, 6.07) is 22.1. The van der Waals surface area contributed by atoms with Crippen molar-refractivity contribution in [2.45, 2.75) is 39.7 Å². The molecule has 3 aliphatic heterocycles. The average Bonchev–Trinajstić information content (AvgIpc) is 3.65. The smallest absolute Gasteiger partial charge is 0.251 e. The van der Waals surface area contributed by atoms with Gasteiger partial charge in [-0.25, -0.2) is 0 Å². The minimum absolute atomic E-state index is 0.0527. The first kappa shape index (κ1) is 31.6. The van der Waals surface area contributed by atoms with Gasteiger partial charge in [0, 0.05) is 35.9 Å². The summed E-state index contributed by atoms with van der Waals surface area (Å²) >= 11 is 5.46. The molecular weight excluding hydrogens is 650 g/mol. The largest absolute Gasteiger partial charge is 0.394 e. The zero-order chi connectivity index (χ0) is 31.9. The number of rotatable bonds is 11. The topological polar surface area (TPSA) is 81.2 Å². The highest BCUT2D eigenvalue weighted by molar-refractivity contribution is 9.09. The monoisotopic (exact) mass is 687 g/mol. The van der Waals surface area contributed by atoms with Crippen LogP contribution in [0.1, 0.15) is 12.0 Å². The van der Waals surface area contributed by atoms with Crippen LogP contribution in [0, 0.1) is 11.8 Å². The van der Waals surface area contributed by atoms with Gasteiger partial charge in [0.25, 0.3) is 5.91 Å². The van der Waals surface area contributed by atoms with Gasteiger partial charge in [-0.15, -0.1) is 24.9 Å². The van der Waals surface area contributed by atoms with Crippen LogP contribution in [0.2, 0.25) is 0 Å². The van der Waals surface area contributed by atoms with Gasteiger partial charge in [0.15, 0.2) is 0 Å². The van der Waals surface area contributed by atoms with Crippen LogP contribution < -0.4 is 4.90 Å². The number of thioether (sulfide) groups is 1. The third kappa shape index (κ3) is 5.32. The van der Waals surface area contributed by atoms with Gasteiger partial charge in [0.1, 0.15) is 6.04 Å². The minimum atomic E-state index is -0.889. The van der Waals surface area contributed by atoms with Gasteiger partial charge in [-0.1, -0.05) is 88.7 Å². The summed E-state index contributed by atoms with van der Waals surface area (Å²) < 4.78 is -0.845. The van der Waals surface area contributed by atoms with E-state index in [0.717, 1.165) is 16.3 Å². The summed E-state index contributed by atoms with van der Waals surface area (Å²) in [6.45, 7) is 8.03. The molecule has 0 radical (unpaired) electrons. The lowest BCUT2D eigenvalue weighted by molar-refractivity contribution is -0.144. The number of nitrogens with zero attached hydrogens (tertiary/aromatic N) is 3. The van der Waals surface area contributed by atoms with Crippen molar-refractivity contribution in [1.29, 1.82) is 0 Å². The van der Waals surface area contributed by atoms with Crippen molar-refractivity contribution in [3.63, 3.8) is 0 Å². The number of aliphatic hydroxyl groups excluding tert-OH is 1. The second-order valence-corrected chi connectivity index (χ2v) is 14.9. The Kier molecular flexibility index (Phi) is 8.96. The summed E-state index contributed by atoms with van der Waals surface area (Å²) in [6.07, 6.45) is 4.31. The number of anilines is 1. The molecule has 6 rings (SSSR count). The maximum absolute atomic E-state index is 15.1. The molecule has 3 aliphatic rings. The van der Waals surface area contributed by atoms with Crippen molar-refractivity contribution in [2.75, 3.05) is 31.6 Å². The maximum Gasteiger partial charge on any atom is 0.251 e. The number of hydrogen-bond donors (Lipinski definition) is 1. The summed E-state index contributed by atoms with van der Waals surface area (Å²) in [7, 11) is 1.73. The van der Waals surface area contributed by atoms with Gasteiger partial charge in [0.05, 0.1) is 29.2 Å². The van der Waals surface area contributed by atoms with E-state index in [1.165, 1.54) is 0 Å². The second kappa shape index (κ2) is 12.8. The molecule has 9 heteroatoms. The van der Waals surface area contributed by atoms with E-state index in [2.05, 4.69) is 29.1 Å². The van der Waals surface area contributed by atoms with E-state index in [0.29, 0.717) is 25.1 Å². The normalized spacial score (nSPS) is 27.3. The number of hydrogen-bond acceptors (Lipinski definition) is 5.